The van der Waals surface area contributed by atoms with Gasteiger partial charge in [-0.1, -0.05) is 35.3 Å². The quantitative estimate of drug-likeness (QED) is 0.643. The fourth-order valence-corrected chi connectivity index (χ4v) is 4.53. The molecule has 0 heterocycles. The molecule has 2 aromatic carbocycles. The number of hydrogen-bond donors (Lipinski definition) is 2. The summed E-state index contributed by atoms with van der Waals surface area (Å²) in [6.45, 7) is 1.39. The molecule has 0 aliphatic rings. The van der Waals surface area contributed by atoms with Gasteiger partial charge >= 0.3 is 6.18 Å². The average molecular weight is 469 g/mol. The molecule has 1 amide bonds. The molecule has 0 saturated carbocycles. The molecule has 2 aromatic rings. The topological polar surface area (TPSA) is 75.3 Å². The maximum absolute atomic E-state index is 13.1. The molecule has 0 bridgehead atoms. The molecule has 158 valence electrons. The zero-order chi connectivity index (χ0) is 21.8. The molecular weight excluding hydrogens is 452 g/mol. The lowest BCUT2D eigenvalue weighted by molar-refractivity contribution is -0.139. The number of sulfonamides is 1. The Labute approximate surface area is 176 Å². The van der Waals surface area contributed by atoms with Gasteiger partial charge in [0.25, 0.3) is 0 Å². The number of benzene rings is 2. The molecule has 0 unspecified atom stereocenters. The SMILES string of the molecule is C[C@H](NS(=O)(=O)c1ccccc1C(F)(F)F)C(=O)NCCc1cc(Cl)cc(Cl)c1. The Balaban J connectivity index is 2.02. The monoisotopic (exact) mass is 468 g/mol. The molecule has 11 heteroatoms. The van der Waals surface area contributed by atoms with Crippen molar-refractivity contribution in [3.63, 3.8) is 0 Å². The molecule has 0 aliphatic carbocycles. The normalized spacial score (nSPS) is 13.2. The highest BCUT2D eigenvalue weighted by atomic mass is 35.5. The summed E-state index contributed by atoms with van der Waals surface area (Å²) < 4.78 is 65.9. The van der Waals surface area contributed by atoms with Gasteiger partial charge in [-0.15, -0.1) is 0 Å². The molecule has 0 fully saturated rings. The summed E-state index contributed by atoms with van der Waals surface area (Å²) in [7, 11) is -4.57. The Morgan fingerprint density at radius 2 is 1.69 bits per heavy atom. The minimum atomic E-state index is -4.85. The van der Waals surface area contributed by atoms with Gasteiger partial charge in [-0.25, -0.2) is 8.42 Å². The van der Waals surface area contributed by atoms with Crippen molar-refractivity contribution in [3.05, 3.63) is 63.6 Å². The fourth-order valence-electron chi connectivity index (χ4n) is 2.52. The standard InChI is InChI=1S/C18H17Cl2F3N2O3S/c1-11(17(26)24-7-6-12-8-13(19)10-14(20)9-12)25-29(27,28)16-5-3-2-4-15(16)18(21,22)23/h2-5,8-11,25H,6-7H2,1H3,(H,24,26)/t11-/m0/s1. The van der Waals surface area contributed by atoms with Gasteiger partial charge in [0.05, 0.1) is 16.5 Å². The van der Waals surface area contributed by atoms with Gasteiger partial charge in [-0.05, 0) is 49.2 Å². The Hall–Kier alpha value is -1.81. The second-order valence-electron chi connectivity index (χ2n) is 6.16. The van der Waals surface area contributed by atoms with Crippen LogP contribution in [0.1, 0.15) is 18.1 Å². The van der Waals surface area contributed by atoms with E-state index in [2.05, 4.69) is 5.32 Å². The average Bonchev–Trinajstić information content (AvgIpc) is 2.59. The maximum Gasteiger partial charge on any atom is 0.417 e. The molecular formula is C18H17Cl2F3N2O3S. The van der Waals surface area contributed by atoms with Crippen LogP contribution in [-0.4, -0.2) is 26.9 Å². The predicted molar refractivity (Wildman–Crippen MR) is 104 cm³/mol. The summed E-state index contributed by atoms with van der Waals surface area (Å²) in [4.78, 5) is 11.2. The lowest BCUT2D eigenvalue weighted by Gasteiger charge is -2.17. The highest BCUT2D eigenvalue weighted by Crippen LogP contribution is 2.33. The van der Waals surface area contributed by atoms with Crippen LogP contribution in [0.25, 0.3) is 0 Å². The third-order valence-corrected chi connectivity index (χ3v) is 5.88. The van der Waals surface area contributed by atoms with Crippen molar-refractivity contribution in [2.24, 2.45) is 0 Å². The van der Waals surface area contributed by atoms with Crippen LogP contribution in [0.4, 0.5) is 13.2 Å². The predicted octanol–water partition coefficient (Wildman–Crippen LogP) is 4.04. The molecule has 1 atom stereocenters. The van der Waals surface area contributed by atoms with Crippen molar-refractivity contribution >= 4 is 39.1 Å². The molecule has 0 aromatic heterocycles. The van der Waals surface area contributed by atoms with Crippen LogP contribution in [0.15, 0.2) is 47.4 Å². The molecule has 29 heavy (non-hydrogen) atoms. The lowest BCUT2D eigenvalue weighted by Crippen LogP contribution is -2.45. The minimum absolute atomic E-state index is 0.153. The zero-order valence-electron chi connectivity index (χ0n) is 15.1. The van der Waals surface area contributed by atoms with E-state index in [1.165, 1.54) is 13.0 Å². The van der Waals surface area contributed by atoms with E-state index in [1.807, 2.05) is 4.72 Å². The van der Waals surface area contributed by atoms with Crippen LogP contribution in [0.5, 0.6) is 0 Å². The number of carbonyl (C=O) groups excluding carboxylic acids is 1. The minimum Gasteiger partial charge on any atom is -0.354 e. The molecule has 2 rings (SSSR count). The highest BCUT2D eigenvalue weighted by molar-refractivity contribution is 7.89. The van der Waals surface area contributed by atoms with Gasteiger partial charge < -0.3 is 5.32 Å². The third kappa shape index (κ3) is 6.60. The van der Waals surface area contributed by atoms with Crippen LogP contribution in [-0.2, 0) is 27.4 Å². The smallest absolute Gasteiger partial charge is 0.354 e. The van der Waals surface area contributed by atoms with Crippen molar-refractivity contribution in [3.8, 4) is 0 Å². The maximum atomic E-state index is 13.1. The van der Waals surface area contributed by atoms with E-state index < -0.39 is 38.6 Å². The van der Waals surface area contributed by atoms with Crippen molar-refractivity contribution < 1.29 is 26.4 Å². The summed E-state index contributed by atoms with van der Waals surface area (Å²) in [5.41, 5.74) is -0.548. The summed E-state index contributed by atoms with van der Waals surface area (Å²) in [5.74, 6) is -0.689. The lowest BCUT2D eigenvalue weighted by atomic mass is 10.1. The largest absolute Gasteiger partial charge is 0.417 e. The summed E-state index contributed by atoms with van der Waals surface area (Å²) >= 11 is 11.8. The van der Waals surface area contributed by atoms with Crippen LogP contribution < -0.4 is 10.0 Å². The van der Waals surface area contributed by atoms with E-state index in [9.17, 15) is 26.4 Å². The van der Waals surface area contributed by atoms with Gasteiger partial charge in [0, 0.05) is 16.6 Å². The number of nitrogens with one attached hydrogen (secondary N) is 2. The number of hydrogen-bond acceptors (Lipinski definition) is 3. The third-order valence-electron chi connectivity index (χ3n) is 3.84. The second-order valence-corrected chi connectivity index (χ2v) is 8.71. The van der Waals surface area contributed by atoms with E-state index >= 15 is 0 Å². The Morgan fingerprint density at radius 1 is 1.10 bits per heavy atom. The number of alkyl halides is 3. The first-order valence-electron chi connectivity index (χ1n) is 8.31. The fraction of sp³-hybridized carbons (Fsp3) is 0.278. The first kappa shape index (κ1) is 23.5. The number of halogens is 5. The van der Waals surface area contributed by atoms with E-state index in [0.29, 0.717) is 22.5 Å². The molecule has 2 N–H and O–H groups in total. The summed E-state index contributed by atoms with van der Waals surface area (Å²) in [6, 6.07) is 7.35. The van der Waals surface area contributed by atoms with Crippen LogP contribution in [0, 0.1) is 0 Å². The van der Waals surface area contributed by atoms with Gasteiger partial charge in [-0.3, -0.25) is 4.79 Å². The van der Waals surface area contributed by atoms with E-state index in [4.69, 9.17) is 23.2 Å². The number of rotatable bonds is 7. The Bertz CT molecular complexity index is 978. The number of carbonyl (C=O) groups is 1. The molecule has 0 saturated heterocycles. The first-order chi connectivity index (χ1) is 13.4. The molecule has 5 nitrogen and oxygen atoms in total. The van der Waals surface area contributed by atoms with E-state index in [1.54, 1.807) is 18.2 Å². The Kier molecular flexibility index (Phi) is 7.56. The molecule has 0 aliphatic heterocycles. The highest BCUT2D eigenvalue weighted by Gasteiger charge is 2.37. The van der Waals surface area contributed by atoms with Crippen molar-refractivity contribution in [1.29, 1.82) is 0 Å². The second kappa shape index (κ2) is 9.34. The van der Waals surface area contributed by atoms with Crippen LogP contribution in [0.2, 0.25) is 10.0 Å². The van der Waals surface area contributed by atoms with Crippen molar-refractivity contribution in [2.45, 2.75) is 30.5 Å². The van der Waals surface area contributed by atoms with Crippen molar-refractivity contribution in [2.75, 3.05) is 6.54 Å². The van der Waals surface area contributed by atoms with E-state index in [0.717, 1.165) is 17.7 Å². The molecule has 0 radical (unpaired) electrons. The zero-order valence-corrected chi connectivity index (χ0v) is 17.4. The van der Waals surface area contributed by atoms with Crippen molar-refractivity contribution in [1.82, 2.24) is 10.0 Å². The summed E-state index contributed by atoms with van der Waals surface area (Å²) in [6.07, 6.45) is -4.47. The van der Waals surface area contributed by atoms with Gasteiger partial charge in [0.1, 0.15) is 0 Å². The van der Waals surface area contributed by atoms with Gasteiger partial charge in [-0.2, -0.15) is 17.9 Å². The van der Waals surface area contributed by atoms with Crippen LogP contribution >= 0.6 is 23.2 Å². The first-order valence-corrected chi connectivity index (χ1v) is 10.6. The van der Waals surface area contributed by atoms with Crippen LogP contribution in [0.3, 0.4) is 0 Å². The van der Waals surface area contributed by atoms with Gasteiger partial charge in [0.2, 0.25) is 15.9 Å². The Morgan fingerprint density at radius 3 is 2.28 bits per heavy atom. The number of amides is 1. The van der Waals surface area contributed by atoms with E-state index in [-0.39, 0.29) is 6.54 Å². The van der Waals surface area contributed by atoms with Gasteiger partial charge in [0.15, 0.2) is 0 Å². The molecule has 0 spiro atoms. The summed E-state index contributed by atoms with van der Waals surface area (Å²) in [5, 5.41) is 3.38.